The molecule has 0 radical (unpaired) electrons. The Balaban J connectivity index is 2.52. The summed E-state index contributed by atoms with van der Waals surface area (Å²) >= 11 is 0. The van der Waals surface area contributed by atoms with E-state index in [0.717, 1.165) is 5.56 Å². The predicted molar refractivity (Wildman–Crippen MR) is 73.6 cm³/mol. The van der Waals surface area contributed by atoms with Crippen molar-refractivity contribution in [2.24, 2.45) is 0 Å². The monoisotopic (exact) mass is 290 g/mol. The van der Waals surface area contributed by atoms with Gasteiger partial charge >= 0.3 is 12.0 Å². The number of anilines is 1. The van der Waals surface area contributed by atoms with Gasteiger partial charge in [0.1, 0.15) is 12.6 Å². The molecule has 21 heavy (non-hydrogen) atoms. The zero-order valence-electron chi connectivity index (χ0n) is 11.3. The van der Waals surface area contributed by atoms with Gasteiger partial charge in [-0.15, -0.1) is 0 Å². The van der Waals surface area contributed by atoms with Crippen LogP contribution in [0.3, 0.4) is 0 Å². The van der Waals surface area contributed by atoms with E-state index in [4.69, 9.17) is 10.4 Å². The van der Waals surface area contributed by atoms with Crippen LogP contribution < -0.4 is 16.0 Å². The summed E-state index contributed by atoms with van der Waals surface area (Å²) in [5, 5.41) is 24.2. The van der Waals surface area contributed by atoms with Crippen molar-refractivity contribution in [3.63, 3.8) is 0 Å². The highest BCUT2D eigenvalue weighted by atomic mass is 16.4. The lowest BCUT2D eigenvalue weighted by atomic mass is 10.1. The van der Waals surface area contributed by atoms with Gasteiger partial charge in [0.2, 0.25) is 5.91 Å². The molecule has 1 rings (SSSR count). The molecule has 110 valence electrons. The Kier molecular flexibility index (Phi) is 5.70. The zero-order valence-corrected chi connectivity index (χ0v) is 11.3. The maximum atomic E-state index is 11.6. The van der Waals surface area contributed by atoms with Gasteiger partial charge in [0.05, 0.1) is 17.8 Å². The van der Waals surface area contributed by atoms with Crippen LogP contribution in [-0.4, -0.2) is 36.1 Å². The third-order valence-corrected chi connectivity index (χ3v) is 2.48. The van der Waals surface area contributed by atoms with Crippen molar-refractivity contribution in [3.05, 3.63) is 29.3 Å². The molecule has 0 aliphatic rings. The molecule has 1 aromatic rings. The fourth-order valence-corrected chi connectivity index (χ4v) is 1.48. The zero-order chi connectivity index (χ0) is 15.8. The first-order valence-electron chi connectivity index (χ1n) is 5.97. The average molecular weight is 290 g/mol. The van der Waals surface area contributed by atoms with Crippen LogP contribution in [0.1, 0.15) is 11.1 Å². The number of carboxylic acids is 1. The van der Waals surface area contributed by atoms with Crippen LogP contribution in [0.5, 0.6) is 0 Å². The number of urea groups is 1. The Hall–Kier alpha value is -3.08. The van der Waals surface area contributed by atoms with E-state index < -0.39 is 24.5 Å². The fourth-order valence-electron chi connectivity index (χ4n) is 1.48. The van der Waals surface area contributed by atoms with E-state index in [1.54, 1.807) is 25.1 Å². The molecule has 1 aromatic carbocycles. The third-order valence-electron chi connectivity index (χ3n) is 2.48. The highest BCUT2D eigenvalue weighted by Crippen LogP contribution is 2.17. The summed E-state index contributed by atoms with van der Waals surface area (Å²) in [5.41, 5.74) is 1.39. The van der Waals surface area contributed by atoms with Gasteiger partial charge in [0.25, 0.3) is 0 Å². The molecule has 0 aromatic heterocycles. The maximum Gasteiger partial charge on any atom is 0.322 e. The average Bonchev–Trinajstić information content (AvgIpc) is 2.43. The van der Waals surface area contributed by atoms with Crippen molar-refractivity contribution in [2.75, 3.05) is 18.4 Å². The highest BCUT2D eigenvalue weighted by molar-refractivity contribution is 5.93. The van der Waals surface area contributed by atoms with Gasteiger partial charge in [-0.2, -0.15) is 5.26 Å². The number of rotatable bonds is 5. The van der Waals surface area contributed by atoms with Crippen LogP contribution in [0.4, 0.5) is 10.5 Å². The number of nitrogens with one attached hydrogen (secondary N) is 3. The molecule has 0 aliphatic heterocycles. The van der Waals surface area contributed by atoms with E-state index in [9.17, 15) is 14.4 Å². The number of amides is 3. The SMILES string of the molecule is Cc1cccc(NC(=O)NCC(=O)NCC(=O)O)c1C#N. The van der Waals surface area contributed by atoms with E-state index in [2.05, 4.69) is 16.0 Å². The van der Waals surface area contributed by atoms with E-state index in [-0.39, 0.29) is 6.54 Å². The smallest absolute Gasteiger partial charge is 0.322 e. The Morgan fingerprint density at radius 1 is 1.24 bits per heavy atom. The largest absolute Gasteiger partial charge is 0.480 e. The van der Waals surface area contributed by atoms with E-state index in [1.165, 1.54) is 0 Å². The number of nitriles is 1. The Labute approximate surface area is 120 Å². The van der Waals surface area contributed by atoms with Crippen molar-refractivity contribution in [3.8, 4) is 6.07 Å². The second-order valence-electron chi connectivity index (χ2n) is 4.09. The Bertz CT molecular complexity index is 607. The predicted octanol–water partition coefficient (Wildman–Crippen LogP) is 0.189. The molecule has 0 saturated heterocycles. The molecule has 8 nitrogen and oxygen atoms in total. The molecule has 0 spiro atoms. The molecule has 0 aliphatic carbocycles. The minimum Gasteiger partial charge on any atom is -0.480 e. The van der Waals surface area contributed by atoms with Crippen LogP contribution in [0.25, 0.3) is 0 Å². The van der Waals surface area contributed by atoms with Crippen molar-refractivity contribution < 1.29 is 19.5 Å². The number of aliphatic carboxylic acids is 1. The molecule has 3 amide bonds. The van der Waals surface area contributed by atoms with Gasteiger partial charge in [0.15, 0.2) is 0 Å². The minimum absolute atomic E-state index is 0.334. The number of hydrogen-bond donors (Lipinski definition) is 4. The lowest BCUT2D eigenvalue weighted by Crippen LogP contribution is -2.40. The van der Waals surface area contributed by atoms with Crippen LogP contribution >= 0.6 is 0 Å². The molecule has 0 atom stereocenters. The molecule has 0 bridgehead atoms. The number of carbonyl (C=O) groups is 3. The molecule has 8 heteroatoms. The maximum absolute atomic E-state index is 11.6. The molecule has 0 fully saturated rings. The number of carbonyl (C=O) groups excluding carboxylic acids is 2. The lowest BCUT2D eigenvalue weighted by Gasteiger charge is -2.10. The van der Waals surface area contributed by atoms with Crippen molar-refractivity contribution in [2.45, 2.75) is 6.92 Å². The van der Waals surface area contributed by atoms with Gasteiger partial charge in [-0.1, -0.05) is 12.1 Å². The van der Waals surface area contributed by atoms with Gasteiger partial charge in [-0.25, -0.2) is 4.79 Å². The van der Waals surface area contributed by atoms with Gasteiger partial charge < -0.3 is 21.1 Å². The lowest BCUT2D eigenvalue weighted by molar-refractivity contribution is -0.137. The standard InChI is InChI=1S/C13H14N4O4/c1-8-3-2-4-10(9(8)5-14)17-13(21)16-6-11(18)15-7-12(19)20/h2-4H,6-7H2,1H3,(H,15,18)(H,19,20)(H2,16,17,21). The van der Waals surface area contributed by atoms with Crippen molar-refractivity contribution in [1.82, 2.24) is 10.6 Å². The summed E-state index contributed by atoms with van der Waals surface area (Å²) in [7, 11) is 0. The van der Waals surface area contributed by atoms with E-state index in [1.807, 2.05) is 6.07 Å². The van der Waals surface area contributed by atoms with Crippen LogP contribution in [0.2, 0.25) is 0 Å². The fraction of sp³-hybridized carbons (Fsp3) is 0.231. The molecule has 0 unspecified atom stereocenters. The summed E-state index contributed by atoms with van der Waals surface area (Å²) in [6.07, 6.45) is 0. The van der Waals surface area contributed by atoms with Gasteiger partial charge in [0, 0.05) is 0 Å². The third kappa shape index (κ3) is 5.20. The number of nitrogens with zero attached hydrogens (tertiary/aromatic N) is 1. The first-order valence-corrected chi connectivity index (χ1v) is 5.97. The number of hydrogen-bond acceptors (Lipinski definition) is 4. The van der Waals surface area contributed by atoms with Gasteiger partial charge in [-0.3, -0.25) is 9.59 Å². The summed E-state index contributed by atoms with van der Waals surface area (Å²) in [4.78, 5) is 33.1. The summed E-state index contributed by atoms with van der Waals surface area (Å²) in [6.45, 7) is 0.854. The summed E-state index contributed by atoms with van der Waals surface area (Å²) in [6, 6.07) is 6.30. The minimum atomic E-state index is -1.17. The Morgan fingerprint density at radius 2 is 1.95 bits per heavy atom. The quantitative estimate of drug-likeness (QED) is 0.614. The second-order valence-corrected chi connectivity index (χ2v) is 4.09. The summed E-state index contributed by atoms with van der Waals surface area (Å²) in [5.74, 6) is -1.80. The van der Waals surface area contributed by atoms with E-state index in [0.29, 0.717) is 11.3 Å². The molecular weight excluding hydrogens is 276 g/mol. The van der Waals surface area contributed by atoms with Crippen LogP contribution in [0.15, 0.2) is 18.2 Å². The number of benzene rings is 1. The highest BCUT2D eigenvalue weighted by Gasteiger charge is 2.10. The molecular formula is C13H14N4O4. The molecule has 4 N–H and O–H groups in total. The van der Waals surface area contributed by atoms with Crippen LogP contribution in [-0.2, 0) is 9.59 Å². The van der Waals surface area contributed by atoms with Crippen LogP contribution in [0, 0.1) is 18.3 Å². The van der Waals surface area contributed by atoms with Crippen molar-refractivity contribution >= 4 is 23.6 Å². The van der Waals surface area contributed by atoms with Crippen molar-refractivity contribution in [1.29, 1.82) is 5.26 Å². The number of carboxylic acid groups (broad SMARTS) is 1. The first kappa shape index (κ1) is 16.0. The summed E-state index contributed by atoms with van der Waals surface area (Å²) < 4.78 is 0. The molecule has 0 saturated carbocycles. The second kappa shape index (κ2) is 7.49. The normalized spacial score (nSPS) is 9.33. The topological polar surface area (TPSA) is 131 Å². The molecule has 0 heterocycles. The Morgan fingerprint density at radius 3 is 2.57 bits per heavy atom. The first-order chi connectivity index (χ1) is 9.93. The van der Waals surface area contributed by atoms with E-state index >= 15 is 0 Å². The van der Waals surface area contributed by atoms with Gasteiger partial charge in [-0.05, 0) is 18.6 Å². The number of aryl methyl sites for hydroxylation is 1.